The van der Waals surface area contributed by atoms with Crippen LogP contribution in [0.4, 0.5) is 5.82 Å². The Labute approximate surface area is 113 Å². The van der Waals surface area contributed by atoms with Crippen LogP contribution in [0, 0.1) is 6.92 Å². The molecule has 1 fully saturated rings. The van der Waals surface area contributed by atoms with Crippen LogP contribution in [-0.2, 0) is 4.74 Å². The average molecular weight is 265 g/mol. The maximum atomic E-state index is 5.69. The zero-order chi connectivity index (χ0) is 13.0. The molecular weight excluding hydrogens is 246 g/mol. The molecular formula is C13H19N3OS. The number of thiocarbonyl (C=S) groups is 1. The smallest absolute Gasteiger partial charge is 0.136 e. The first-order chi connectivity index (χ1) is 8.66. The van der Waals surface area contributed by atoms with Gasteiger partial charge >= 0.3 is 0 Å². The molecule has 1 saturated heterocycles. The number of aromatic nitrogens is 1. The molecule has 18 heavy (non-hydrogen) atoms. The summed E-state index contributed by atoms with van der Waals surface area (Å²) in [7, 11) is 0. The predicted octanol–water partition coefficient (Wildman–Crippen LogP) is 2.01. The van der Waals surface area contributed by atoms with Crippen molar-refractivity contribution in [3.8, 4) is 0 Å². The van der Waals surface area contributed by atoms with E-state index in [9.17, 15) is 0 Å². The molecule has 1 unspecified atom stereocenters. The number of pyridine rings is 1. The van der Waals surface area contributed by atoms with E-state index in [2.05, 4.69) is 10.3 Å². The maximum absolute atomic E-state index is 5.69. The van der Waals surface area contributed by atoms with Crippen LogP contribution in [0.5, 0.6) is 0 Å². The summed E-state index contributed by atoms with van der Waals surface area (Å²) in [6, 6.07) is 3.83. The minimum atomic E-state index is 0.377. The lowest BCUT2D eigenvalue weighted by Gasteiger charge is -2.13. The highest BCUT2D eigenvalue weighted by molar-refractivity contribution is 7.80. The minimum absolute atomic E-state index is 0.377. The minimum Gasteiger partial charge on any atom is -0.389 e. The van der Waals surface area contributed by atoms with Gasteiger partial charge in [-0.25, -0.2) is 4.98 Å². The van der Waals surface area contributed by atoms with Crippen LogP contribution in [0.3, 0.4) is 0 Å². The summed E-state index contributed by atoms with van der Waals surface area (Å²) < 4.78 is 5.58. The molecule has 4 nitrogen and oxygen atoms in total. The summed E-state index contributed by atoms with van der Waals surface area (Å²) in [5, 5.41) is 3.30. The van der Waals surface area contributed by atoms with Crippen LogP contribution < -0.4 is 11.1 Å². The Bertz CT molecular complexity index is 430. The van der Waals surface area contributed by atoms with Gasteiger partial charge in [-0.1, -0.05) is 12.2 Å². The Morgan fingerprint density at radius 3 is 3.11 bits per heavy atom. The van der Waals surface area contributed by atoms with E-state index in [1.807, 2.05) is 19.1 Å². The number of hydrogen-bond donors (Lipinski definition) is 2. The quantitative estimate of drug-likeness (QED) is 0.797. The fraction of sp³-hybridized carbons (Fsp3) is 0.538. The Hall–Kier alpha value is -1.20. The van der Waals surface area contributed by atoms with Crippen molar-refractivity contribution in [2.45, 2.75) is 32.3 Å². The molecule has 1 aromatic rings. The van der Waals surface area contributed by atoms with Crippen LogP contribution in [0.25, 0.3) is 0 Å². The largest absolute Gasteiger partial charge is 0.389 e. The molecule has 0 aliphatic carbocycles. The Morgan fingerprint density at radius 2 is 2.44 bits per heavy atom. The van der Waals surface area contributed by atoms with Gasteiger partial charge in [0.25, 0.3) is 0 Å². The van der Waals surface area contributed by atoms with Gasteiger partial charge in [-0.05, 0) is 38.3 Å². The molecule has 1 aromatic heterocycles. The Morgan fingerprint density at radius 1 is 1.61 bits per heavy atom. The van der Waals surface area contributed by atoms with Crippen molar-refractivity contribution in [1.29, 1.82) is 0 Å². The second-order valence-electron chi connectivity index (χ2n) is 4.56. The standard InChI is InChI=1S/C13H19N3OS/c1-9-4-5-11(12(14)18)13(16-9)15-7-6-10-3-2-8-17-10/h4-5,10H,2-3,6-8H2,1H3,(H2,14,18)(H,15,16). The molecule has 0 amide bonds. The van der Waals surface area contributed by atoms with E-state index in [0.717, 1.165) is 43.1 Å². The summed E-state index contributed by atoms with van der Waals surface area (Å²) in [6.07, 6.45) is 3.71. The van der Waals surface area contributed by atoms with Gasteiger partial charge < -0.3 is 15.8 Å². The molecule has 1 atom stereocenters. The maximum Gasteiger partial charge on any atom is 0.136 e. The molecule has 2 rings (SSSR count). The topological polar surface area (TPSA) is 60.2 Å². The lowest BCUT2D eigenvalue weighted by atomic mass is 10.2. The number of ether oxygens (including phenoxy) is 1. The van der Waals surface area contributed by atoms with E-state index in [1.165, 1.54) is 6.42 Å². The highest BCUT2D eigenvalue weighted by atomic mass is 32.1. The number of aryl methyl sites for hydroxylation is 1. The van der Waals surface area contributed by atoms with Crippen molar-refractivity contribution < 1.29 is 4.74 Å². The number of nitrogens with two attached hydrogens (primary N) is 1. The molecule has 3 N–H and O–H groups in total. The van der Waals surface area contributed by atoms with E-state index < -0.39 is 0 Å². The van der Waals surface area contributed by atoms with Crippen LogP contribution in [0.1, 0.15) is 30.5 Å². The molecule has 98 valence electrons. The summed E-state index contributed by atoms with van der Waals surface area (Å²) in [4.78, 5) is 4.82. The van der Waals surface area contributed by atoms with E-state index in [0.29, 0.717) is 11.1 Å². The number of rotatable bonds is 5. The van der Waals surface area contributed by atoms with Crippen molar-refractivity contribution >= 4 is 23.0 Å². The highest BCUT2D eigenvalue weighted by Gasteiger charge is 2.15. The molecule has 2 heterocycles. The first-order valence-electron chi connectivity index (χ1n) is 6.30. The average Bonchev–Trinajstić information content (AvgIpc) is 2.82. The summed E-state index contributed by atoms with van der Waals surface area (Å²) >= 11 is 5.02. The summed E-state index contributed by atoms with van der Waals surface area (Å²) in [6.45, 7) is 3.68. The third-order valence-electron chi connectivity index (χ3n) is 3.08. The van der Waals surface area contributed by atoms with Gasteiger partial charge in [0.15, 0.2) is 0 Å². The van der Waals surface area contributed by atoms with E-state index in [4.69, 9.17) is 22.7 Å². The van der Waals surface area contributed by atoms with Crippen molar-refractivity contribution in [3.63, 3.8) is 0 Å². The second-order valence-corrected chi connectivity index (χ2v) is 5.00. The van der Waals surface area contributed by atoms with Gasteiger partial charge in [0.1, 0.15) is 10.8 Å². The van der Waals surface area contributed by atoms with Crippen molar-refractivity contribution in [1.82, 2.24) is 4.98 Å². The van der Waals surface area contributed by atoms with Gasteiger partial charge in [-0.3, -0.25) is 0 Å². The Balaban J connectivity index is 1.94. The lowest BCUT2D eigenvalue weighted by Crippen LogP contribution is -2.17. The van der Waals surface area contributed by atoms with Gasteiger partial charge in [0, 0.05) is 18.8 Å². The fourth-order valence-corrected chi connectivity index (χ4v) is 2.28. The molecule has 1 aliphatic rings. The lowest BCUT2D eigenvalue weighted by molar-refractivity contribution is 0.107. The van der Waals surface area contributed by atoms with Crippen LogP contribution >= 0.6 is 12.2 Å². The number of nitrogens with zero attached hydrogens (tertiary/aromatic N) is 1. The summed E-state index contributed by atoms with van der Waals surface area (Å²) in [5.41, 5.74) is 7.45. The van der Waals surface area contributed by atoms with Crippen molar-refractivity contribution in [2.24, 2.45) is 5.73 Å². The van der Waals surface area contributed by atoms with Crippen molar-refractivity contribution in [2.75, 3.05) is 18.5 Å². The summed E-state index contributed by atoms with van der Waals surface area (Å²) in [5.74, 6) is 0.778. The normalized spacial score (nSPS) is 18.8. The molecule has 0 saturated carbocycles. The number of hydrogen-bond acceptors (Lipinski definition) is 4. The number of anilines is 1. The van der Waals surface area contributed by atoms with Crippen LogP contribution in [0.15, 0.2) is 12.1 Å². The van der Waals surface area contributed by atoms with Gasteiger partial charge in [-0.15, -0.1) is 0 Å². The second kappa shape index (κ2) is 6.11. The first kappa shape index (κ1) is 13.2. The van der Waals surface area contributed by atoms with E-state index >= 15 is 0 Å². The Kier molecular flexibility index (Phi) is 4.49. The third-order valence-corrected chi connectivity index (χ3v) is 3.30. The fourth-order valence-electron chi connectivity index (χ4n) is 2.11. The third kappa shape index (κ3) is 3.40. The monoisotopic (exact) mass is 265 g/mol. The predicted molar refractivity (Wildman–Crippen MR) is 76.9 cm³/mol. The van der Waals surface area contributed by atoms with Crippen LogP contribution in [0.2, 0.25) is 0 Å². The van der Waals surface area contributed by atoms with Gasteiger partial charge in [-0.2, -0.15) is 0 Å². The molecule has 0 radical (unpaired) electrons. The van der Waals surface area contributed by atoms with E-state index in [-0.39, 0.29) is 0 Å². The number of nitrogens with one attached hydrogen (secondary N) is 1. The van der Waals surface area contributed by atoms with Crippen LogP contribution in [-0.4, -0.2) is 29.2 Å². The molecule has 1 aliphatic heterocycles. The SMILES string of the molecule is Cc1ccc(C(N)=S)c(NCCC2CCCO2)n1. The molecule has 5 heteroatoms. The first-order valence-corrected chi connectivity index (χ1v) is 6.70. The zero-order valence-corrected chi connectivity index (χ0v) is 11.4. The molecule has 0 bridgehead atoms. The van der Waals surface area contributed by atoms with Gasteiger partial charge in [0.05, 0.1) is 11.7 Å². The highest BCUT2D eigenvalue weighted by Crippen LogP contribution is 2.17. The van der Waals surface area contributed by atoms with E-state index in [1.54, 1.807) is 0 Å². The zero-order valence-electron chi connectivity index (χ0n) is 10.6. The molecule has 0 aromatic carbocycles. The van der Waals surface area contributed by atoms with Gasteiger partial charge in [0.2, 0.25) is 0 Å². The van der Waals surface area contributed by atoms with Crippen molar-refractivity contribution in [3.05, 3.63) is 23.4 Å². The molecule has 0 spiro atoms.